The summed E-state index contributed by atoms with van der Waals surface area (Å²) in [7, 11) is 1.42. The summed E-state index contributed by atoms with van der Waals surface area (Å²) in [5.74, 6) is -1.40. The van der Waals surface area contributed by atoms with E-state index in [2.05, 4.69) is 25.3 Å². The topological polar surface area (TPSA) is 118 Å². The van der Waals surface area contributed by atoms with Gasteiger partial charge in [-0.2, -0.15) is 0 Å². The normalized spacial score (nSPS) is 18.0. The zero-order valence-corrected chi connectivity index (χ0v) is 19.7. The standard InChI is InChI=1S/C22H22ClFN4O5.ClH/c1-31-19-14(20-27-22(30)33-28-20)3-2-4-15(19)21(29)26-11-13-10-25-7-8-32-18(13)12-5-6-16(23)17(24)9-12;/h2-6,9,13,18,25H,7-8,10-11H2,1H3,(H,26,29)(H,27,28,30);1H/t13-,18-;/m0./s1. The van der Waals surface area contributed by atoms with Crippen molar-refractivity contribution < 1.29 is 23.2 Å². The summed E-state index contributed by atoms with van der Waals surface area (Å²) in [6, 6.07) is 9.48. The molecular formula is C22H23Cl2FN4O5. The summed E-state index contributed by atoms with van der Waals surface area (Å²) in [4.78, 5) is 26.8. The SMILES string of the molecule is COc1c(C(=O)NC[C@@H]2CNCCO[C@H]2c2ccc(Cl)c(F)c2)cccc1-c1noc(=O)[nH]1.Cl. The molecule has 1 amide bonds. The van der Waals surface area contributed by atoms with Gasteiger partial charge in [-0.05, 0) is 29.8 Å². The number of hydrogen-bond acceptors (Lipinski definition) is 7. The molecule has 1 aliphatic rings. The van der Waals surface area contributed by atoms with Crippen LogP contribution >= 0.6 is 24.0 Å². The largest absolute Gasteiger partial charge is 0.495 e. The van der Waals surface area contributed by atoms with Gasteiger partial charge in [0.1, 0.15) is 11.6 Å². The van der Waals surface area contributed by atoms with E-state index in [4.69, 9.17) is 21.1 Å². The number of aromatic nitrogens is 2. The number of methoxy groups -OCH3 is 1. The van der Waals surface area contributed by atoms with Crippen molar-refractivity contribution in [2.24, 2.45) is 5.92 Å². The Kier molecular flexibility index (Phi) is 8.67. The van der Waals surface area contributed by atoms with Crippen LogP contribution in [0.25, 0.3) is 11.4 Å². The lowest BCUT2D eigenvalue weighted by Crippen LogP contribution is -2.36. The van der Waals surface area contributed by atoms with E-state index >= 15 is 0 Å². The minimum absolute atomic E-state index is 0. The second-order valence-corrected chi connectivity index (χ2v) is 7.88. The van der Waals surface area contributed by atoms with Gasteiger partial charge in [-0.15, -0.1) is 12.4 Å². The molecule has 3 N–H and O–H groups in total. The highest BCUT2D eigenvalue weighted by Crippen LogP contribution is 2.32. The highest BCUT2D eigenvalue weighted by Gasteiger charge is 2.28. The molecule has 9 nitrogen and oxygen atoms in total. The second kappa shape index (κ2) is 11.5. The number of H-pyrrole nitrogens is 1. The van der Waals surface area contributed by atoms with E-state index in [-0.39, 0.29) is 52.9 Å². The van der Waals surface area contributed by atoms with E-state index in [1.807, 2.05) is 0 Å². The Balaban J connectivity index is 0.00000324. The summed E-state index contributed by atoms with van der Waals surface area (Å²) in [6.07, 6.45) is -0.430. The Morgan fingerprint density at radius 3 is 2.88 bits per heavy atom. The van der Waals surface area contributed by atoms with Gasteiger partial charge in [0, 0.05) is 25.6 Å². The lowest BCUT2D eigenvalue weighted by molar-refractivity contribution is 0.0303. The minimum atomic E-state index is -0.715. The van der Waals surface area contributed by atoms with Gasteiger partial charge in [-0.3, -0.25) is 14.3 Å². The van der Waals surface area contributed by atoms with Crippen LogP contribution in [0.15, 0.2) is 45.7 Å². The van der Waals surface area contributed by atoms with Crippen LogP contribution in [0.2, 0.25) is 5.02 Å². The lowest BCUT2D eigenvalue weighted by atomic mass is 9.95. The van der Waals surface area contributed by atoms with Crippen molar-refractivity contribution in [3.05, 3.63) is 68.9 Å². The van der Waals surface area contributed by atoms with Crippen molar-refractivity contribution in [3.63, 3.8) is 0 Å². The molecule has 4 rings (SSSR count). The van der Waals surface area contributed by atoms with E-state index in [0.717, 1.165) is 0 Å². The summed E-state index contributed by atoms with van der Waals surface area (Å²) in [5.41, 5.74) is 1.31. The lowest BCUT2D eigenvalue weighted by Gasteiger charge is -2.26. The van der Waals surface area contributed by atoms with Gasteiger partial charge >= 0.3 is 5.76 Å². The fraction of sp³-hybridized carbons (Fsp3) is 0.318. The number of ether oxygens (including phenoxy) is 2. The molecule has 3 aromatic rings. The van der Waals surface area contributed by atoms with Crippen molar-refractivity contribution in [1.29, 1.82) is 0 Å². The third kappa shape index (κ3) is 5.58. The Morgan fingerprint density at radius 2 is 2.18 bits per heavy atom. The van der Waals surface area contributed by atoms with E-state index < -0.39 is 17.7 Å². The van der Waals surface area contributed by atoms with Crippen LogP contribution in [0.4, 0.5) is 4.39 Å². The molecular weight excluding hydrogens is 490 g/mol. The number of hydrogen-bond donors (Lipinski definition) is 3. The number of carbonyl (C=O) groups is 1. The number of carbonyl (C=O) groups excluding carboxylic acids is 1. The van der Waals surface area contributed by atoms with Crippen LogP contribution in [-0.4, -0.2) is 49.4 Å². The van der Waals surface area contributed by atoms with Crippen LogP contribution in [-0.2, 0) is 4.74 Å². The Hall–Kier alpha value is -2.92. The van der Waals surface area contributed by atoms with E-state index in [9.17, 15) is 14.0 Å². The van der Waals surface area contributed by atoms with Gasteiger partial charge in [0.05, 0.1) is 36.0 Å². The molecule has 0 spiro atoms. The Labute approximate surface area is 205 Å². The maximum absolute atomic E-state index is 14.0. The number of aromatic amines is 1. The van der Waals surface area contributed by atoms with Crippen molar-refractivity contribution >= 4 is 29.9 Å². The van der Waals surface area contributed by atoms with Gasteiger partial charge in [0.25, 0.3) is 5.91 Å². The molecule has 0 radical (unpaired) electrons. The number of benzene rings is 2. The zero-order chi connectivity index (χ0) is 23.4. The summed E-state index contributed by atoms with van der Waals surface area (Å²) in [5, 5.41) is 9.87. The maximum atomic E-state index is 14.0. The van der Waals surface area contributed by atoms with E-state index in [1.54, 1.807) is 24.3 Å². The molecule has 0 saturated carbocycles. The molecule has 2 aromatic carbocycles. The molecule has 2 atom stereocenters. The second-order valence-electron chi connectivity index (χ2n) is 7.47. The van der Waals surface area contributed by atoms with Gasteiger partial charge in [-0.25, -0.2) is 9.18 Å². The first kappa shape index (κ1) is 25.7. The van der Waals surface area contributed by atoms with Crippen LogP contribution in [0.5, 0.6) is 5.75 Å². The van der Waals surface area contributed by atoms with Crippen LogP contribution in [0, 0.1) is 11.7 Å². The monoisotopic (exact) mass is 512 g/mol. The summed E-state index contributed by atoms with van der Waals surface area (Å²) in [6.45, 7) is 1.91. The van der Waals surface area contributed by atoms with E-state index in [0.29, 0.717) is 30.8 Å². The molecule has 12 heteroatoms. The smallest absolute Gasteiger partial charge is 0.439 e. The highest BCUT2D eigenvalue weighted by molar-refractivity contribution is 6.30. The molecule has 1 aromatic heterocycles. The van der Waals surface area contributed by atoms with Crippen molar-refractivity contribution in [3.8, 4) is 17.1 Å². The number of nitrogens with one attached hydrogen (secondary N) is 3. The Morgan fingerprint density at radius 1 is 1.35 bits per heavy atom. The summed E-state index contributed by atoms with van der Waals surface area (Å²) >= 11 is 5.82. The third-order valence-corrected chi connectivity index (χ3v) is 5.67. The molecule has 0 bridgehead atoms. The molecule has 2 heterocycles. The Bertz CT molecular complexity index is 1200. The molecule has 1 saturated heterocycles. The van der Waals surface area contributed by atoms with Crippen LogP contribution < -0.4 is 21.1 Å². The maximum Gasteiger partial charge on any atom is 0.439 e. The predicted octanol–water partition coefficient (Wildman–Crippen LogP) is 2.96. The summed E-state index contributed by atoms with van der Waals surface area (Å²) < 4.78 is 30.0. The molecule has 0 unspecified atom stereocenters. The number of rotatable bonds is 6. The number of halogens is 3. The van der Waals surface area contributed by atoms with Crippen molar-refractivity contribution in [2.45, 2.75) is 6.10 Å². The van der Waals surface area contributed by atoms with Gasteiger partial charge in [0.15, 0.2) is 5.82 Å². The van der Waals surface area contributed by atoms with Crippen LogP contribution in [0.1, 0.15) is 22.0 Å². The quantitative estimate of drug-likeness (QED) is 0.464. The zero-order valence-electron chi connectivity index (χ0n) is 18.1. The molecule has 182 valence electrons. The number of para-hydroxylation sites is 1. The first-order valence-electron chi connectivity index (χ1n) is 10.3. The highest BCUT2D eigenvalue weighted by atomic mass is 35.5. The number of amides is 1. The average molecular weight is 513 g/mol. The minimum Gasteiger partial charge on any atom is -0.495 e. The van der Waals surface area contributed by atoms with Crippen molar-refractivity contribution in [1.82, 2.24) is 20.8 Å². The molecule has 34 heavy (non-hydrogen) atoms. The molecule has 1 aliphatic heterocycles. The first-order chi connectivity index (χ1) is 16.0. The number of nitrogens with zero attached hydrogens (tertiary/aromatic N) is 1. The molecule has 0 aliphatic carbocycles. The van der Waals surface area contributed by atoms with Crippen LogP contribution in [0.3, 0.4) is 0 Å². The van der Waals surface area contributed by atoms with Gasteiger partial charge in [-0.1, -0.05) is 28.9 Å². The third-order valence-electron chi connectivity index (χ3n) is 5.37. The first-order valence-corrected chi connectivity index (χ1v) is 10.6. The van der Waals surface area contributed by atoms with E-state index in [1.165, 1.54) is 19.2 Å². The molecule has 1 fully saturated rings. The fourth-order valence-corrected chi connectivity index (χ4v) is 3.93. The van der Waals surface area contributed by atoms with Crippen molar-refractivity contribution in [2.75, 3.05) is 33.4 Å². The average Bonchev–Trinajstić information content (AvgIpc) is 3.11. The van der Waals surface area contributed by atoms with Gasteiger partial charge in [0.2, 0.25) is 0 Å². The van der Waals surface area contributed by atoms with Gasteiger partial charge < -0.3 is 20.1 Å². The fourth-order valence-electron chi connectivity index (χ4n) is 3.81. The predicted molar refractivity (Wildman–Crippen MR) is 125 cm³/mol.